The highest BCUT2D eigenvalue weighted by molar-refractivity contribution is 5.84. The van der Waals surface area contributed by atoms with Crippen LogP contribution in [-0.2, 0) is 20.8 Å². The third kappa shape index (κ3) is 6.44. The lowest BCUT2D eigenvalue weighted by atomic mass is 9.65. The summed E-state index contributed by atoms with van der Waals surface area (Å²) >= 11 is 0. The van der Waals surface area contributed by atoms with Crippen LogP contribution in [0.4, 0.5) is 10.5 Å². The number of amides is 1. The van der Waals surface area contributed by atoms with E-state index in [2.05, 4.69) is 44.5 Å². The Morgan fingerprint density at radius 1 is 1.15 bits per heavy atom. The Labute approximate surface area is 238 Å². The first-order valence-electron chi connectivity index (χ1n) is 14.5. The van der Waals surface area contributed by atoms with Crippen molar-refractivity contribution in [1.29, 1.82) is 0 Å². The molecule has 3 fully saturated rings. The van der Waals surface area contributed by atoms with Crippen molar-refractivity contribution >= 4 is 11.8 Å². The third-order valence-electron chi connectivity index (χ3n) is 8.80. The van der Waals surface area contributed by atoms with Crippen LogP contribution < -0.4 is 5.32 Å². The van der Waals surface area contributed by atoms with Crippen LogP contribution in [0.15, 0.2) is 61.2 Å². The number of fused-ring (bicyclic) bond motifs is 2. The molecule has 2 aromatic rings. The number of nitrogens with one attached hydrogen (secondary N) is 1. The summed E-state index contributed by atoms with van der Waals surface area (Å²) in [5.41, 5.74) is 4.09. The SMILES string of the molecule is C=CCOC(=O)Nc1cccc([C@H]2O[C@@H](CN3CC4(C)CC3CC(C)(C)C4)[C@@H](C)[C@@H](c3ccc(CO)cc3)O2)c1. The van der Waals surface area contributed by atoms with Crippen molar-refractivity contribution < 1.29 is 24.1 Å². The van der Waals surface area contributed by atoms with Gasteiger partial charge in [-0.2, -0.15) is 0 Å². The highest BCUT2D eigenvalue weighted by Crippen LogP contribution is 2.53. The van der Waals surface area contributed by atoms with Gasteiger partial charge in [-0.25, -0.2) is 4.79 Å². The van der Waals surface area contributed by atoms with Gasteiger partial charge >= 0.3 is 6.09 Å². The first-order valence-corrected chi connectivity index (χ1v) is 14.5. The number of ether oxygens (including phenoxy) is 3. The van der Waals surface area contributed by atoms with Crippen LogP contribution in [-0.4, -0.2) is 47.9 Å². The van der Waals surface area contributed by atoms with E-state index in [-0.39, 0.29) is 31.3 Å². The zero-order valence-corrected chi connectivity index (χ0v) is 24.3. The molecule has 1 aliphatic carbocycles. The molecule has 5 rings (SSSR count). The van der Waals surface area contributed by atoms with E-state index in [0.29, 0.717) is 22.6 Å². The molecule has 0 aromatic heterocycles. The maximum absolute atomic E-state index is 12.1. The van der Waals surface area contributed by atoms with Crippen molar-refractivity contribution in [2.75, 3.05) is 25.0 Å². The molecule has 2 N–H and O–H groups in total. The molecule has 216 valence electrons. The molecule has 3 aliphatic rings. The summed E-state index contributed by atoms with van der Waals surface area (Å²) in [6.45, 7) is 15.2. The van der Waals surface area contributed by atoms with Gasteiger partial charge in [0, 0.05) is 36.3 Å². The fourth-order valence-electron chi connectivity index (χ4n) is 7.40. The van der Waals surface area contributed by atoms with Crippen molar-refractivity contribution in [2.45, 2.75) is 78.1 Å². The molecule has 7 nitrogen and oxygen atoms in total. The van der Waals surface area contributed by atoms with Crippen molar-refractivity contribution in [3.8, 4) is 0 Å². The molecule has 1 saturated carbocycles. The zero-order valence-electron chi connectivity index (χ0n) is 24.3. The Hall–Kier alpha value is -2.71. The smallest absolute Gasteiger partial charge is 0.411 e. The third-order valence-corrected chi connectivity index (χ3v) is 8.80. The standard InChI is InChI=1S/C33H44N2O5/c1-6-14-38-31(37)34-26-9-7-8-25(15-26)30-39-28(18-35-21-33(5)17-27(35)16-32(3,4)20-33)22(2)29(40-30)24-12-10-23(19-36)11-13-24/h6-13,15,22,27-30,36H,1,14,16-21H2,2-5H3,(H,34,37)/t22-,27?,28+,29+,30+,33?/m1/s1. The van der Waals surface area contributed by atoms with Crippen LogP contribution in [0.2, 0.25) is 0 Å². The van der Waals surface area contributed by atoms with Crippen molar-refractivity contribution in [3.05, 3.63) is 77.9 Å². The summed E-state index contributed by atoms with van der Waals surface area (Å²) < 4.78 is 18.5. The maximum atomic E-state index is 12.1. The topological polar surface area (TPSA) is 80.3 Å². The largest absolute Gasteiger partial charge is 0.445 e. The Balaban J connectivity index is 1.39. The van der Waals surface area contributed by atoms with Gasteiger partial charge in [0.1, 0.15) is 6.61 Å². The molecule has 40 heavy (non-hydrogen) atoms. The van der Waals surface area contributed by atoms with Crippen LogP contribution in [0, 0.1) is 16.7 Å². The number of rotatable bonds is 8. The summed E-state index contributed by atoms with van der Waals surface area (Å²) in [6.07, 6.45) is 3.90. The molecule has 2 saturated heterocycles. The highest BCUT2D eigenvalue weighted by Gasteiger charge is 2.51. The normalized spacial score (nSPS) is 31.5. The lowest BCUT2D eigenvalue weighted by Crippen LogP contribution is -2.46. The van der Waals surface area contributed by atoms with Gasteiger partial charge in [0.2, 0.25) is 0 Å². The fourth-order valence-corrected chi connectivity index (χ4v) is 7.40. The first kappa shape index (κ1) is 28.8. The molecule has 0 radical (unpaired) electrons. The van der Waals surface area contributed by atoms with Gasteiger partial charge in [-0.3, -0.25) is 10.2 Å². The van der Waals surface area contributed by atoms with Crippen molar-refractivity contribution in [2.24, 2.45) is 16.7 Å². The monoisotopic (exact) mass is 548 g/mol. The number of hydrogen-bond acceptors (Lipinski definition) is 6. The predicted molar refractivity (Wildman–Crippen MR) is 156 cm³/mol. The number of carbonyl (C=O) groups excluding carboxylic acids is 1. The summed E-state index contributed by atoms with van der Waals surface area (Å²) in [5.74, 6) is 0.118. The lowest BCUT2D eigenvalue weighted by Gasteiger charge is -2.43. The van der Waals surface area contributed by atoms with E-state index in [4.69, 9.17) is 14.2 Å². The molecule has 2 bridgehead atoms. The summed E-state index contributed by atoms with van der Waals surface area (Å²) in [6, 6.07) is 16.1. The van der Waals surface area contributed by atoms with E-state index >= 15 is 0 Å². The molecule has 6 atom stereocenters. The van der Waals surface area contributed by atoms with Crippen molar-refractivity contribution in [3.63, 3.8) is 0 Å². The van der Waals surface area contributed by atoms with E-state index in [1.54, 1.807) is 0 Å². The second-order valence-electron chi connectivity index (χ2n) is 13.1. The van der Waals surface area contributed by atoms with Crippen LogP contribution in [0.5, 0.6) is 0 Å². The van der Waals surface area contributed by atoms with Gasteiger partial charge < -0.3 is 19.3 Å². The number of nitrogens with zero attached hydrogens (tertiary/aromatic N) is 1. The molecule has 0 spiro atoms. The molecular weight excluding hydrogens is 504 g/mol. The van der Waals surface area contributed by atoms with Gasteiger partial charge in [-0.15, -0.1) is 0 Å². The fraction of sp³-hybridized carbons (Fsp3) is 0.545. The minimum absolute atomic E-state index is 0.0101. The second kappa shape index (κ2) is 11.6. The minimum atomic E-state index is -0.594. The highest BCUT2D eigenvalue weighted by atomic mass is 16.7. The maximum Gasteiger partial charge on any atom is 0.411 e. The zero-order chi connectivity index (χ0) is 28.5. The van der Waals surface area contributed by atoms with E-state index in [1.165, 1.54) is 25.3 Å². The Morgan fingerprint density at radius 2 is 1.93 bits per heavy atom. The van der Waals surface area contributed by atoms with Crippen LogP contribution in [0.1, 0.15) is 76.0 Å². The molecule has 7 heteroatoms. The summed E-state index contributed by atoms with van der Waals surface area (Å²) in [4.78, 5) is 14.8. The number of anilines is 1. The summed E-state index contributed by atoms with van der Waals surface area (Å²) in [7, 11) is 0. The number of aliphatic hydroxyl groups excluding tert-OH is 1. The van der Waals surface area contributed by atoms with Gasteiger partial charge in [0.15, 0.2) is 6.29 Å². The second-order valence-corrected chi connectivity index (χ2v) is 13.1. The number of aliphatic hydroxyl groups is 1. The molecule has 1 amide bonds. The van der Waals surface area contributed by atoms with E-state index in [1.807, 2.05) is 48.5 Å². The van der Waals surface area contributed by atoms with E-state index < -0.39 is 12.4 Å². The number of carbonyl (C=O) groups is 1. The van der Waals surface area contributed by atoms with Gasteiger partial charge in [0.05, 0.1) is 18.8 Å². The van der Waals surface area contributed by atoms with E-state index in [0.717, 1.165) is 29.8 Å². The van der Waals surface area contributed by atoms with Crippen LogP contribution in [0.25, 0.3) is 0 Å². The van der Waals surface area contributed by atoms with Gasteiger partial charge in [0.25, 0.3) is 0 Å². The molecular formula is C33H44N2O5. The van der Waals surface area contributed by atoms with Gasteiger partial charge in [-0.1, -0.05) is 76.7 Å². The van der Waals surface area contributed by atoms with E-state index in [9.17, 15) is 9.90 Å². The number of likely N-dealkylation sites (tertiary alicyclic amines) is 1. The number of hydrogen-bond donors (Lipinski definition) is 2. The molecule has 2 aromatic carbocycles. The van der Waals surface area contributed by atoms with Crippen LogP contribution >= 0.6 is 0 Å². The lowest BCUT2D eigenvalue weighted by molar-refractivity contribution is -0.276. The Kier molecular flexibility index (Phi) is 8.39. The molecule has 2 unspecified atom stereocenters. The summed E-state index contributed by atoms with van der Waals surface area (Å²) in [5, 5.41) is 12.3. The average Bonchev–Trinajstić information content (AvgIpc) is 3.16. The average molecular weight is 549 g/mol. The quantitative estimate of drug-likeness (QED) is 0.362. The van der Waals surface area contributed by atoms with Crippen molar-refractivity contribution in [1.82, 2.24) is 4.90 Å². The Bertz CT molecular complexity index is 1200. The molecule has 2 aliphatic heterocycles. The minimum Gasteiger partial charge on any atom is -0.445 e. The van der Waals surface area contributed by atoms with Crippen LogP contribution in [0.3, 0.4) is 0 Å². The van der Waals surface area contributed by atoms with Gasteiger partial charge in [-0.05, 0) is 53.4 Å². The first-order chi connectivity index (χ1) is 19.1. The predicted octanol–water partition coefficient (Wildman–Crippen LogP) is 6.61. The number of benzene rings is 2. The Morgan fingerprint density at radius 3 is 2.65 bits per heavy atom. The molecule has 2 heterocycles.